The zero-order valence-electron chi connectivity index (χ0n) is 9.74. The second kappa shape index (κ2) is 4.53. The van der Waals surface area contributed by atoms with Gasteiger partial charge in [-0.3, -0.25) is 0 Å². The van der Waals surface area contributed by atoms with Gasteiger partial charge in [-0.05, 0) is 49.0 Å². The van der Waals surface area contributed by atoms with Crippen LogP contribution in [0.2, 0.25) is 4.34 Å². The van der Waals surface area contributed by atoms with Crippen molar-refractivity contribution in [3.05, 3.63) is 49.9 Å². The van der Waals surface area contributed by atoms with Crippen molar-refractivity contribution in [2.45, 2.75) is 13.5 Å². The lowest BCUT2D eigenvalue weighted by Gasteiger charge is -2.02. The van der Waals surface area contributed by atoms with Gasteiger partial charge in [0.25, 0.3) is 0 Å². The number of H-pyrrole nitrogens is 1. The van der Waals surface area contributed by atoms with E-state index in [4.69, 9.17) is 23.8 Å². The molecule has 18 heavy (non-hydrogen) atoms. The molecule has 0 aliphatic heterocycles. The first kappa shape index (κ1) is 12.0. The summed E-state index contributed by atoms with van der Waals surface area (Å²) in [5.74, 6) is 0. The first-order valence-electron chi connectivity index (χ1n) is 5.57. The maximum absolute atomic E-state index is 5.95. The monoisotopic (exact) mass is 294 g/mol. The molecule has 5 heteroatoms. The summed E-state index contributed by atoms with van der Waals surface area (Å²) in [4.78, 5) is 4.45. The summed E-state index contributed by atoms with van der Waals surface area (Å²) in [5.41, 5.74) is 3.45. The zero-order valence-corrected chi connectivity index (χ0v) is 12.1. The van der Waals surface area contributed by atoms with Gasteiger partial charge in [0, 0.05) is 4.88 Å². The summed E-state index contributed by atoms with van der Waals surface area (Å²) in [6.07, 6.45) is 0. The van der Waals surface area contributed by atoms with Crippen LogP contribution in [0.3, 0.4) is 0 Å². The van der Waals surface area contributed by atoms with E-state index in [0.717, 1.165) is 26.7 Å². The molecule has 0 unspecified atom stereocenters. The number of thiophene rings is 1. The second-order valence-corrected chi connectivity index (χ2v) is 6.43. The lowest BCUT2D eigenvalue weighted by molar-refractivity contribution is 0.823. The predicted octanol–water partition coefficient (Wildman–Crippen LogP) is 4.77. The highest BCUT2D eigenvalue weighted by atomic mass is 35.5. The van der Waals surface area contributed by atoms with Gasteiger partial charge in [-0.15, -0.1) is 11.3 Å². The van der Waals surface area contributed by atoms with Crippen LogP contribution < -0.4 is 0 Å². The highest BCUT2D eigenvalue weighted by Crippen LogP contribution is 2.24. The van der Waals surface area contributed by atoms with Gasteiger partial charge in [-0.2, -0.15) is 0 Å². The van der Waals surface area contributed by atoms with E-state index in [0.29, 0.717) is 0 Å². The van der Waals surface area contributed by atoms with E-state index in [2.05, 4.69) is 34.7 Å². The summed E-state index contributed by atoms with van der Waals surface area (Å²) in [7, 11) is 0. The Morgan fingerprint density at radius 2 is 2.17 bits per heavy atom. The van der Waals surface area contributed by atoms with Crippen molar-refractivity contribution in [2.75, 3.05) is 0 Å². The first-order chi connectivity index (χ1) is 8.63. The van der Waals surface area contributed by atoms with Crippen LogP contribution in [0.5, 0.6) is 0 Å². The summed E-state index contributed by atoms with van der Waals surface area (Å²) in [6, 6.07) is 10.3. The second-order valence-electron chi connectivity index (χ2n) is 4.24. The molecule has 0 fully saturated rings. The van der Waals surface area contributed by atoms with Crippen molar-refractivity contribution in [2.24, 2.45) is 0 Å². The molecule has 0 spiro atoms. The van der Waals surface area contributed by atoms with E-state index in [1.807, 2.05) is 12.1 Å². The minimum Gasteiger partial charge on any atom is -0.331 e. The summed E-state index contributed by atoms with van der Waals surface area (Å²) < 4.78 is 3.67. The molecule has 0 saturated carbocycles. The Bertz CT molecular complexity index is 767. The molecular weight excluding hydrogens is 284 g/mol. The number of fused-ring (bicyclic) bond motifs is 1. The number of aryl methyl sites for hydroxylation is 1. The molecule has 2 aromatic heterocycles. The highest BCUT2D eigenvalue weighted by Gasteiger charge is 2.06. The van der Waals surface area contributed by atoms with E-state index in [-0.39, 0.29) is 0 Å². The van der Waals surface area contributed by atoms with Crippen LogP contribution in [0.4, 0.5) is 0 Å². The molecule has 0 saturated heterocycles. The number of benzene rings is 1. The third-order valence-corrected chi connectivity index (χ3v) is 4.41. The third kappa shape index (κ3) is 2.11. The fourth-order valence-electron chi connectivity index (χ4n) is 2.03. The van der Waals surface area contributed by atoms with Crippen LogP contribution >= 0.6 is 35.2 Å². The fraction of sp³-hybridized carbons (Fsp3) is 0.154. The van der Waals surface area contributed by atoms with Gasteiger partial charge in [0.05, 0.1) is 21.9 Å². The predicted molar refractivity (Wildman–Crippen MR) is 80.3 cm³/mol. The summed E-state index contributed by atoms with van der Waals surface area (Å²) in [5, 5.41) is 0. The SMILES string of the molecule is Cc1ccc2c(c1)[nH]c(=S)n2Cc1ccc(Cl)s1. The average Bonchev–Trinajstić information content (AvgIpc) is 2.84. The number of nitrogens with one attached hydrogen (secondary N) is 1. The number of aromatic amines is 1. The van der Waals surface area contributed by atoms with Crippen LogP contribution in [-0.4, -0.2) is 9.55 Å². The third-order valence-electron chi connectivity index (χ3n) is 2.87. The van der Waals surface area contributed by atoms with E-state index in [9.17, 15) is 0 Å². The maximum atomic E-state index is 5.95. The van der Waals surface area contributed by atoms with Crippen LogP contribution in [0.25, 0.3) is 11.0 Å². The van der Waals surface area contributed by atoms with Crippen molar-refractivity contribution >= 4 is 46.2 Å². The molecule has 3 aromatic rings. The molecule has 0 aliphatic carbocycles. The van der Waals surface area contributed by atoms with Gasteiger partial charge in [0.2, 0.25) is 0 Å². The van der Waals surface area contributed by atoms with Crippen molar-refractivity contribution < 1.29 is 0 Å². The average molecular weight is 295 g/mol. The quantitative estimate of drug-likeness (QED) is 0.675. The molecular formula is C13H11ClN2S2. The Balaban J connectivity index is 2.11. The van der Waals surface area contributed by atoms with Crippen molar-refractivity contribution in [1.82, 2.24) is 9.55 Å². The van der Waals surface area contributed by atoms with Gasteiger partial charge in [-0.1, -0.05) is 17.7 Å². The molecule has 2 nitrogen and oxygen atoms in total. The van der Waals surface area contributed by atoms with Crippen LogP contribution in [0.15, 0.2) is 30.3 Å². The molecule has 0 radical (unpaired) electrons. The van der Waals surface area contributed by atoms with E-state index in [1.165, 1.54) is 10.4 Å². The normalized spacial score (nSPS) is 11.2. The van der Waals surface area contributed by atoms with Gasteiger partial charge in [0.1, 0.15) is 0 Å². The van der Waals surface area contributed by atoms with Crippen LogP contribution in [0.1, 0.15) is 10.4 Å². The molecule has 1 N–H and O–H groups in total. The largest absolute Gasteiger partial charge is 0.331 e. The Morgan fingerprint density at radius 1 is 1.33 bits per heavy atom. The Kier molecular flexibility index (Phi) is 3.01. The molecule has 0 bridgehead atoms. The minimum absolute atomic E-state index is 0.750. The molecule has 3 rings (SSSR count). The topological polar surface area (TPSA) is 20.7 Å². The van der Waals surface area contributed by atoms with E-state index >= 15 is 0 Å². The lowest BCUT2D eigenvalue weighted by Crippen LogP contribution is -1.97. The van der Waals surface area contributed by atoms with E-state index < -0.39 is 0 Å². The van der Waals surface area contributed by atoms with E-state index in [1.54, 1.807) is 11.3 Å². The molecule has 2 heterocycles. The van der Waals surface area contributed by atoms with Gasteiger partial charge in [-0.25, -0.2) is 0 Å². The molecule has 0 amide bonds. The Morgan fingerprint density at radius 3 is 2.89 bits per heavy atom. The number of halogens is 1. The molecule has 92 valence electrons. The first-order valence-corrected chi connectivity index (χ1v) is 7.17. The summed E-state index contributed by atoms with van der Waals surface area (Å²) in [6.45, 7) is 2.84. The molecule has 0 atom stereocenters. The van der Waals surface area contributed by atoms with Crippen molar-refractivity contribution in [1.29, 1.82) is 0 Å². The number of hydrogen-bond acceptors (Lipinski definition) is 2. The number of imidazole rings is 1. The smallest absolute Gasteiger partial charge is 0.178 e. The Hall–Kier alpha value is -1.10. The van der Waals surface area contributed by atoms with Crippen molar-refractivity contribution in [3.8, 4) is 0 Å². The number of aromatic nitrogens is 2. The molecule has 1 aromatic carbocycles. The number of hydrogen-bond donors (Lipinski definition) is 1. The van der Waals surface area contributed by atoms with Crippen LogP contribution in [-0.2, 0) is 6.54 Å². The van der Waals surface area contributed by atoms with Crippen molar-refractivity contribution in [3.63, 3.8) is 0 Å². The van der Waals surface area contributed by atoms with Crippen LogP contribution in [0, 0.1) is 11.7 Å². The fourth-order valence-corrected chi connectivity index (χ4v) is 3.38. The van der Waals surface area contributed by atoms with Gasteiger partial charge in [0.15, 0.2) is 4.77 Å². The highest BCUT2D eigenvalue weighted by molar-refractivity contribution is 7.71. The van der Waals surface area contributed by atoms with Gasteiger partial charge >= 0.3 is 0 Å². The number of rotatable bonds is 2. The standard InChI is InChI=1S/C13H11ClN2S2/c1-8-2-4-11-10(6-8)15-13(17)16(11)7-9-3-5-12(14)18-9/h2-6H,7H2,1H3,(H,15,17). The lowest BCUT2D eigenvalue weighted by atomic mass is 10.2. The number of nitrogens with zero attached hydrogens (tertiary/aromatic N) is 1. The Labute approximate surface area is 119 Å². The summed E-state index contributed by atoms with van der Waals surface area (Å²) >= 11 is 12.9. The van der Waals surface area contributed by atoms with Gasteiger partial charge < -0.3 is 9.55 Å². The maximum Gasteiger partial charge on any atom is 0.178 e. The minimum atomic E-state index is 0.750. The zero-order chi connectivity index (χ0) is 12.7. The molecule has 0 aliphatic rings.